The van der Waals surface area contributed by atoms with Gasteiger partial charge in [0, 0.05) is 35.5 Å². The van der Waals surface area contributed by atoms with E-state index in [4.69, 9.17) is 10.9 Å². The number of ketones is 1. The molecule has 0 saturated heterocycles. The van der Waals surface area contributed by atoms with Crippen LogP contribution in [-0.4, -0.2) is 19.1 Å². The molecule has 4 N–H and O–H groups in total. The molecule has 0 spiro atoms. The predicted octanol–water partition coefficient (Wildman–Crippen LogP) is 3.18. The molecule has 1 atom stereocenters. The fourth-order valence-electron chi connectivity index (χ4n) is 4.74. The highest BCUT2D eigenvalue weighted by atomic mass is 32.2. The molecule has 10 nitrogen and oxygen atoms in total. The molecule has 11 heteroatoms. The zero-order valence-corrected chi connectivity index (χ0v) is 19.9. The molecule has 1 heterocycles. The predicted molar refractivity (Wildman–Crippen MR) is 128 cm³/mol. The molecule has 0 amide bonds. The van der Waals surface area contributed by atoms with Crippen molar-refractivity contribution < 1.29 is 18.1 Å². The topological polar surface area (TPSA) is 173 Å². The van der Waals surface area contributed by atoms with Crippen LogP contribution in [0.15, 0.2) is 76.1 Å². The Kier molecular flexibility index (Phi) is 5.75. The van der Waals surface area contributed by atoms with E-state index in [0.29, 0.717) is 28.9 Å². The van der Waals surface area contributed by atoms with Crippen molar-refractivity contribution in [3.05, 3.63) is 86.9 Å². The van der Waals surface area contributed by atoms with Crippen LogP contribution < -0.4 is 15.8 Å². The number of nitrogens with zero attached hydrogens (tertiary/aromatic N) is 3. The van der Waals surface area contributed by atoms with Crippen molar-refractivity contribution >= 4 is 27.2 Å². The maximum Gasteiger partial charge on any atom is 0.269 e. The first-order chi connectivity index (χ1) is 16.3. The summed E-state index contributed by atoms with van der Waals surface area (Å²) in [5.74, 6) is -0.978. The van der Waals surface area contributed by atoms with E-state index in [1.165, 1.54) is 42.5 Å². The number of carbonyl (C=O) groups excluding carboxylic acids is 1. The summed E-state index contributed by atoms with van der Waals surface area (Å²) in [5.41, 5.74) is 7.82. The number of non-ortho nitro benzene ring substituents is 1. The van der Waals surface area contributed by atoms with E-state index in [-0.39, 0.29) is 34.2 Å². The zero-order chi connectivity index (χ0) is 25.7. The molecule has 4 rings (SSSR count). The number of allylic oxidation sites excluding steroid dienone is 3. The minimum Gasteiger partial charge on any atom is -0.384 e. The molecule has 0 radical (unpaired) electrons. The van der Waals surface area contributed by atoms with Gasteiger partial charge in [0.1, 0.15) is 5.82 Å². The van der Waals surface area contributed by atoms with Crippen LogP contribution in [0, 0.1) is 26.9 Å². The fraction of sp³-hybridized carbons (Fsp3) is 0.250. The Morgan fingerprint density at radius 3 is 2.40 bits per heavy atom. The Morgan fingerprint density at radius 1 is 1.17 bits per heavy atom. The molecule has 1 aliphatic heterocycles. The van der Waals surface area contributed by atoms with Crippen LogP contribution in [0.1, 0.15) is 38.2 Å². The van der Waals surface area contributed by atoms with E-state index in [9.17, 15) is 28.6 Å². The van der Waals surface area contributed by atoms with Gasteiger partial charge in [-0.2, -0.15) is 5.26 Å². The second kappa shape index (κ2) is 8.33. The van der Waals surface area contributed by atoms with Crippen molar-refractivity contribution in [2.24, 2.45) is 16.3 Å². The summed E-state index contributed by atoms with van der Waals surface area (Å²) in [7, 11) is -3.92. The lowest BCUT2D eigenvalue weighted by molar-refractivity contribution is -0.384. The van der Waals surface area contributed by atoms with Gasteiger partial charge in [-0.15, -0.1) is 0 Å². The van der Waals surface area contributed by atoms with Crippen molar-refractivity contribution in [3.63, 3.8) is 0 Å². The first-order valence-electron chi connectivity index (χ1n) is 10.7. The average Bonchev–Trinajstić information content (AvgIpc) is 2.77. The second-order valence-corrected chi connectivity index (χ2v) is 10.9. The summed E-state index contributed by atoms with van der Waals surface area (Å²) in [6.45, 7) is 3.89. The number of nitro benzene ring substituents is 1. The monoisotopic (exact) mass is 493 g/mol. The van der Waals surface area contributed by atoms with Gasteiger partial charge in [0.05, 0.1) is 27.4 Å². The van der Waals surface area contributed by atoms with Gasteiger partial charge in [-0.3, -0.25) is 19.8 Å². The number of benzene rings is 2. The molecular formula is C24H23N5O5S. The van der Waals surface area contributed by atoms with E-state index in [2.05, 4.69) is 6.07 Å². The molecule has 35 heavy (non-hydrogen) atoms. The number of sulfonamides is 1. The van der Waals surface area contributed by atoms with Crippen molar-refractivity contribution in [1.82, 2.24) is 0 Å². The highest BCUT2D eigenvalue weighted by Gasteiger charge is 2.44. The maximum absolute atomic E-state index is 13.5. The van der Waals surface area contributed by atoms with E-state index in [0.717, 1.165) is 0 Å². The molecular weight excluding hydrogens is 470 g/mol. The Hall–Kier alpha value is -4.01. The number of rotatable bonds is 4. The number of hydrogen-bond acceptors (Lipinski definition) is 8. The third-order valence-corrected chi connectivity index (χ3v) is 7.15. The summed E-state index contributed by atoms with van der Waals surface area (Å²) in [6, 6.07) is 13.6. The van der Waals surface area contributed by atoms with Gasteiger partial charge in [0.2, 0.25) is 10.0 Å². The van der Waals surface area contributed by atoms with Crippen molar-refractivity contribution in [1.29, 1.82) is 5.26 Å². The lowest BCUT2D eigenvalue weighted by atomic mass is 9.68. The van der Waals surface area contributed by atoms with E-state index in [1.807, 2.05) is 13.8 Å². The number of primary sulfonamides is 1. The summed E-state index contributed by atoms with van der Waals surface area (Å²) < 4.78 is 23.4. The van der Waals surface area contributed by atoms with E-state index < -0.39 is 26.3 Å². The van der Waals surface area contributed by atoms with Crippen LogP contribution >= 0.6 is 0 Å². The average molecular weight is 494 g/mol. The van der Waals surface area contributed by atoms with Gasteiger partial charge >= 0.3 is 0 Å². The third-order valence-electron chi connectivity index (χ3n) is 6.22. The number of nitriles is 1. The summed E-state index contributed by atoms with van der Waals surface area (Å²) in [5, 5.41) is 26.7. The number of anilines is 1. The maximum atomic E-state index is 13.5. The second-order valence-electron chi connectivity index (χ2n) is 9.37. The molecule has 0 unspecified atom stereocenters. The molecule has 0 bridgehead atoms. The van der Waals surface area contributed by atoms with Crippen molar-refractivity contribution in [3.8, 4) is 6.07 Å². The molecule has 2 aromatic carbocycles. The summed E-state index contributed by atoms with van der Waals surface area (Å²) >= 11 is 0. The first-order valence-corrected chi connectivity index (χ1v) is 12.2. The Balaban J connectivity index is 1.97. The Morgan fingerprint density at radius 2 is 1.83 bits per heavy atom. The molecule has 180 valence electrons. The third kappa shape index (κ3) is 4.29. The van der Waals surface area contributed by atoms with Gasteiger partial charge in [-0.25, -0.2) is 13.6 Å². The zero-order valence-electron chi connectivity index (χ0n) is 19.1. The standard InChI is InChI=1S/C24H23N5O5S/c1-24(2)11-19-22(20(30)12-24)21(14-4-3-5-16(10-14)29(31)32)18(13-25)23(26)28(19)15-6-8-17(9-7-15)35(27,33)34/h3-10,21H,11-12,26H2,1-2H3,(H2,27,33,34)/t21-/m1/s1. The number of Topliss-reactive ketones (excluding diaryl/α,β-unsaturated/α-hetero) is 1. The largest absolute Gasteiger partial charge is 0.384 e. The minimum atomic E-state index is -3.92. The van der Waals surface area contributed by atoms with Gasteiger partial charge in [0.25, 0.3) is 5.69 Å². The molecule has 0 aromatic heterocycles. The van der Waals surface area contributed by atoms with Gasteiger partial charge in [-0.1, -0.05) is 26.0 Å². The number of carbonyl (C=O) groups is 1. The van der Waals surface area contributed by atoms with Gasteiger partial charge in [0.15, 0.2) is 5.78 Å². The smallest absolute Gasteiger partial charge is 0.269 e. The fourth-order valence-corrected chi connectivity index (χ4v) is 5.26. The number of nitro groups is 1. The summed E-state index contributed by atoms with van der Waals surface area (Å²) in [4.78, 5) is 25.8. The van der Waals surface area contributed by atoms with E-state index >= 15 is 0 Å². The molecule has 2 aliphatic rings. The van der Waals surface area contributed by atoms with Gasteiger partial charge < -0.3 is 5.73 Å². The molecule has 0 saturated carbocycles. The molecule has 0 fully saturated rings. The van der Waals surface area contributed by atoms with E-state index in [1.54, 1.807) is 11.0 Å². The SMILES string of the molecule is CC1(C)CC(=O)C2=C(C1)N(c1ccc(S(N)(=O)=O)cc1)C(N)=C(C#N)[C@H]2c1cccc([N+](=O)[O-])c1. The quantitative estimate of drug-likeness (QED) is 0.482. The Bertz CT molecular complexity index is 1470. The number of hydrogen-bond donors (Lipinski definition) is 2. The van der Waals surface area contributed by atoms with Crippen LogP contribution in [-0.2, 0) is 14.8 Å². The number of nitrogens with two attached hydrogens (primary N) is 2. The normalized spacial score (nSPS) is 19.9. The van der Waals surface area contributed by atoms with Crippen LogP contribution in [0.4, 0.5) is 11.4 Å². The van der Waals surface area contributed by atoms with Crippen LogP contribution in [0.3, 0.4) is 0 Å². The molecule has 1 aliphatic carbocycles. The highest BCUT2D eigenvalue weighted by molar-refractivity contribution is 7.89. The summed E-state index contributed by atoms with van der Waals surface area (Å²) in [6.07, 6.45) is 0.671. The Labute approximate surface area is 202 Å². The highest BCUT2D eigenvalue weighted by Crippen LogP contribution is 2.50. The first kappa shape index (κ1) is 24.1. The van der Waals surface area contributed by atoms with Gasteiger partial charge in [-0.05, 0) is 41.7 Å². The molecule has 2 aromatic rings. The lowest BCUT2D eigenvalue weighted by Gasteiger charge is -2.43. The minimum absolute atomic E-state index is 0.0663. The lowest BCUT2D eigenvalue weighted by Crippen LogP contribution is -2.42. The van der Waals surface area contributed by atoms with Crippen molar-refractivity contribution in [2.75, 3.05) is 4.90 Å². The van der Waals surface area contributed by atoms with Crippen molar-refractivity contribution in [2.45, 2.75) is 37.5 Å². The van der Waals surface area contributed by atoms with Crippen LogP contribution in [0.25, 0.3) is 0 Å². The van der Waals surface area contributed by atoms with Crippen LogP contribution in [0.5, 0.6) is 0 Å². The van der Waals surface area contributed by atoms with Crippen LogP contribution in [0.2, 0.25) is 0 Å².